The minimum Gasteiger partial charge on any atom is -0.275 e. The van der Waals surface area contributed by atoms with Gasteiger partial charge in [0.15, 0.2) is 0 Å². The molecular weight excluding hydrogens is 393 g/mol. The third-order valence-electron chi connectivity index (χ3n) is 4.09. The summed E-state index contributed by atoms with van der Waals surface area (Å²) in [5.74, 6) is 0.903. The first-order valence-corrected chi connectivity index (χ1v) is 10.4. The number of thioether (sulfide) groups is 1. The van der Waals surface area contributed by atoms with E-state index in [2.05, 4.69) is 33.6 Å². The maximum atomic E-state index is 11.9. The van der Waals surface area contributed by atoms with Crippen LogP contribution in [0.1, 0.15) is 40.0 Å². The number of carbonyl (C=O) groups is 3. The number of nitrogens with zero attached hydrogens (tertiary/aromatic N) is 1. The summed E-state index contributed by atoms with van der Waals surface area (Å²) >= 11 is 4.32. The molecule has 1 rings (SSSR count). The molecule has 1 atom stereocenters. The van der Waals surface area contributed by atoms with Gasteiger partial charge in [-0.2, -0.15) is 0 Å². The van der Waals surface area contributed by atoms with Gasteiger partial charge in [-0.15, -0.1) is 0 Å². The number of nitrogens with one attached hydrogen (secondary N) is 2. The van der Waals surface area contributed by atoms with Crippen molar-refractivity contribution in [3.8, 4) is 0 Å². The smallest absolute Gasteiger partial charge is 0.275 e. The third kappa shape index (κ3) is 7.45. The van der Waals surface area contributed by atoms with E-state index < -0.39 is 0 Å². The molecule has 1 fully saturated rings. The van der Waals surface area contributed by atoms with Crippen molar-refractivity contribution in [2.75, 3.05) is 31.1 Å². The van der Waals surface area contributed by atoms with Crippen LogP contribution in [0.25, 0.3) is 0 Å². The molecule has 3 amide bonds. The van der Waals surface area contributed by atoms with E-state index in [-0.39, 0.29) is 33.7 Å². The molecule has 0 aliphatic carbocycles. The number of hydrogen-bond donors (Lipinski definition) is 2. The molecule has 1 saturated heterocycles. The van der Waals surface area contributed by atoms with Gasteiger partial charge in [0.05, 0.1) is 0 Å². The Labute approximate surface area is 157 Å². The van der Waals surface area contributed by atoms with Gasteiger partial charge in [-0.1, -0.05) is 6.92 Å². The predicted molar refractivity (Wildman–Crippen MR) is 97.9 cm³/mol. The molecule has 0 aromatic heterocycles. The molecule has 24 heavy (non-hydrogen) atoms. The molecule has 0 unspecified atom stereocenters. The van der Waals surface area contributed by atoms with Crippen LogP contribution in [0.2, 0.25) is 0 Å². The van der Waals surface area contributed by atoms with E-state index in [0.717, 1.165) is 19.4 Å². The summed E-state index contributed by atoms with van der Waals surface area (Å²) in [6, 6.07) is 0. The van der Waals surface area contributed by atoms with Crippen molar-refractivity contribution in [3.05, 3.63) is 0 Å². The zero-order valence-electron chi connectivity index (χ0n) is 14.7. The Morgan fingerprint density at radius 1 is 1.29 bits per heavy atom. The molecule has 0 bridgehead atoms. The Balaban J connectivity index is 2.13. The van der Waals surface area contributed by atoms with Crippen LogP contribution in [0.15, 0.2) is 0 Å². The number of likely N-dealkylation sites (tertiary alicyclic amines) is 1. The van der Waals surface area contributed by atoms with Gasteiger partial charge in [0, 0.05) is 6.42 Å². The Morgan fingerprint density at radius 3 is 2.46 bits per heavy atom. The predicted octanol–water partition coefficient (Wildman–Crippen LogP) is 0.505. The fourth-order valence-electron chi connectivity index (χ4n) is 2.52. The van der Waals surface area contributed by atoms with Crippen LogP contribution < -0.4 is 10.6 Å². The Kier molecular flexibility index (Phi) is 9.16. The van der Waals surface area contributed by atoms with Crippen LogP contribution in [-0.2, 0) is 14.4 Å². The SMILES string of the molecule is CCC([Se])(CC)NC(=O)CSCC(=O)NCCN1C[C@@H](C)CC1=O. The fraction of sp³-hybridized carbons (Fsp3) is 0.812. The first kappa shape index (κ1) is 21.3. The summed E-state index contributed by atoms with van der Waals surface area (Å²) in [5, 5.41) is 5.76. The van der Waals surface area contributed by atoms with Crippen LogP contribution in [-0.4, -0.2) is 74.2 Å². The zero-order valence-corrected chi connectivity index (χ0v) is 17.3. The second kappa shape index (κ2) is 10.3. The molecule has 1 aliphatic heterocycles. The van der Waals surface area contributed by atoms with E-state index in [4.69, 9.17) is 0 Å². The normalized spacial score (nSPS) is 17.9. The third-order valence-corrected chi connectivity index (χ3v) is 6.45. The van der Waals surface area contributed by atoms with Crippen molar-refractivity contribution in [2.24, 2.45) is 5.92 Å². The van der Waals surface area contributed by atoms with Crippen LogP contribution in [0.4, 0.5) is 0 Å². The monoisotopic (exact) mass is 422 g/mol. The van der Waals surface area contributed by atoms with Gasteiger partial charge >= 0.3 is 133 Å². The van der Waals surface area contributed by atoms with Gasteiger partial charge < -0.3 is 0 Å². The molecule has 2 N–H and O–H groups in total. The second-order valence-electron chi connectivity index (χ2n) is 6.24. The Bertz CT molecular complexity index is 458. The summed E-state index contributed by atoms with van der Waals surface area (Å²) in [5.41, 5.74) is 0. The molecule has 0 spiro atoms. The van der Waals surface area contributed by atoms with Gasteiger partial charge in [-0.05, 0) is 5.92 Å². The molecule has 6 nitrogen and oxygen atoms in total. The summed E-state index contributed by atoms with van der Waals surface area (Å²) in [6.07, 6.45) is 2.26. The quantitative estimate of drug-likeness (QED) is 0.504. The molecule has 1 radical (unpaired) electrons. The standard InChI is InChI=1S/C16H28N3O3SSe/c1-4-16(24,5-2)18-14(21)11-23-10-13(20)17-6-7-19-9-12(3)8-15(19)22/h12H,4-11H2,1-3H3,(H,17,20)(H,18,21)/t12-/m0/s1. The van der Waals surface area contributed by atoms with E-state index in [9.17, 15) is 14.4 Å². The minimum absolute atomic E-state index is 0.0631. The first-order valence-electron chi connectivity index (χ1n) is 8.43. The molecule has 137 valence electrons. The minimum atomic E-state index is -0.292. The van der Waals surface area contributed by atoms with E-state index in [1.54, 1.807) is 4.90 Å². The topological polar surface area (TPSA) is 78.5 Å². The summed E-state index contributed by atoms with van der Waals surface area (Å²) in [4.78, 5) is 37.1. The first-order chi connectivity index (χ1) is 11.3. The molecule has 1 heterocycles. The average Bonchev–Trinajstić information content (AvgIpc) is 2.85. The summed E-state index contributed by atoms with van der Waals surface area (Å²) in [7, 11) is 0. The van der Waals surface area contributed by atoms with Crippen LogP contribution in [0, 0.1) is 5.92 Å². The van der Waals surface area contributed by atoms with Gasteiger partial charge in [0.25, 0.3) is 0 Å². The van der Waals surface area contributed by atoms with Crippen LogP contribution in [0.3, 0.4) is 0 Å². The molecular formula is C16H28N3O3SSe. The molecule has 0 aromatic rings. The molecule has 8 heteroatoms. The molecule has 0 aromatic carbocycles. The number of hydrogen-bond acceptors (Lipinski definition) is 4. The Hall–Kier alpha value is -0.721. The van der Waals surface area contributed by atoms with Crippen LogP contribution >= 0.6 is 11.8 Å². The Morgan fingerprint density at radius 2 is 1.92 bits per heavy atom. The average molecular weight is 421 g/mol. The number of carbonyl (C=O) groups excluding carboxylic acids is 3. The van der Waals surface area contributed by atoms with Crippen molar-refractivity contribution < 1.29 is 14.4 Å². The second-order valence-corrected chi connectivity index (χ2v) is 8.87. The summed E-state index contributed by atoms with van der Waals surface area (Å²) in [6.45, 7) is 7.88. The van der Waals surface area contributed by atoms with E-state index >= 15 is 0 Å². The molecule has 0 saturated carbocycles. The number of rotatable bonds is 10. The number of amides is 3. The van der Waals surface area contributed by atoms with Crippen LogP contribution in [0.5, 0.6) is 0 Å². The maximum absolute atomic E-state index is 11.9. The molecule has 1 aliphatic rings. The van der Waals surface area contributed by atoms with Crippen molar-refractivity contribution in [1.29, 1.82) is 0 Å². The van der Waals surface area contributed by atoms with Gasteiger partial charge in [0.1, 0.15) is 0 Å². The van der Waals surface area contributed by atoms with Gasteiger partial charge in [-0.25, -0.2) is 0 Å². The summed E-state index contributed by atoms with van der Waals surface area (Å²) < 4.78 is -0.292. The van der Waals surface area contributed by atoms with Crippen molar-refractivity contribution >= 4 is 45.5 Å². The van der Waals surface area contributed by atoms with E-state index in [1.165, 1.54) is 11.8 Å². The van der Waals surface area contributed by atoms with Crippen molar-refractivity contribution in [2.45, 2.75) is 44.5 Å². The van der Waals surface area contributed by atoms with Gasteiger partial charge in [-0.3, -0.25) is 4.79 Å². The van der Waals surface area contributed by atoms with E-state index in [1.807, 2.05) is 13.8 Å². The fourth-order valence-corrected chi connectivity index (χ4v) is 3.41. The van der Waals surface area contributed by atoms with Crippen molar-refractivity contribution in [1.82, 2.24) is 15.5 Å². The van der Waals surface area contributed by atoms with Crippen molar-refractivity contribution in [3.63, 3.8) is 0 Å². The van der Waals surface area contributed by atoms with Gasteiger partial charge in [0.2, 0.25) is 0 Å². The zero-order chi connectivity index (χ0) is 18.2. The van der Waals surface area contributed by atoms with E-state index in [0.29, 0.717) is 25.4 Å².